The van der Waals surface area contributed by atoms with Gasteiger partial charge in [-0.05, 0) is 30.3 Å². The van der Waals surface area contributed by atoms with Crippen LogP contribution in [0.3, 0.4) is 0 Å². The van der Waals surface area contributed by atoms with Crippen molar-refractivity contribution in [3.63, 3.8) is 0 Å². The Bertz CT molecular complexity index is 716. The minimum Gasteiger partial charge on any atom is -0.468 e. The molecule has 5 nitrogen and oxygen atoms in total. The number of rotatable bonds is 6. The predicted octanol–water partition coefficient (Wildman–Crippen LogP) is 3.02. The van der Waals surface area contributed by atoms with Gasteiger partial charge in [0.25, 0.3) is 5.91 Å². The van der Waals surface area contributed by atoms with Crippen molar-refractivity contribution in [2.24, 2.45) is 0 Å². The zero-order valence-electron chi connectivity index (χ0n) is 13.8. The number of alkyl halides is 3. The Morgan fingerprint density at radius 2 is 1.88 bits per heavy atom. The molecule has 1 aromatic heterocycles. The number of pyridine rings is 1. The van der Waals surface area contributed by atoms with E-state index in [2.05, 4.69) is 15.0 Å². The van der Waals surface area contributed by atoms with Crippen LogP contribution in [0.4, 0.5) is 18.9 Å². The lowest BCUT2D eigenvalue weighted by molar-refractivity contribution is -0.154. The van der Waals surface area contributed by atoms with E-state index in [1.54, 1.807) is 36.4 Å². The minimum atomic E-state index is -4.45. The lowest BCUT2D eigenvalue weighted by Gasteiger charge is -2.14. The van der Waals surface area contributed by atoms with Crippen LogP contribution >= 0.6 is 0 Å². The van der Waals surface area contributed by atoms with E-state index in [0.29, 0.717) is 11.1 Å². The Hall–Kier alpha value is -2.77. The number of hydrogen-bond acceptors (Lipinski definition) is 4. The third-order valence-electron chi connectivity index (χ3n) is 3.31. The van der Waals surface area contributed by atoms with Gasteiger partial charge < -0.3 is 15.0 Å². The second-order valence-corrected chi connectivity index (χ2v) is 5.50. The van der Waals surface area contributed by atoms with Crippen LogP contribution in [-0.4, -0.2) is 37.8 Å². The lowest BCUT2D eigenvalue weighted by Crippen LogP contribution is -2.24. The molecule has 1 aromatic carbocycles. The number of carbonyl (C=O) groups excluding carboxylic acids is 1. The molecule has 0 saturated carbocycles. The first-order valence-electron chi connectivity index (χ1n) is 7.45. The fourth-order valence-electron chi connectivity index (χ4n) is 2.03. The molecule has 0 aliphatic carbocycles. The highest BCUT2D eigenvalue weighted by Gasteiger charge is 2.29. The number of aromatic nitrogens is 1. The summed E-state index contributed by atoms with van der Waals surface area (Å²) in [5.74, 6) is -0.487. The smallest absolute Gasteiger partial charge is 0.422 e. The SMILES string of the molecule is CN(C)c1ccc(C(=O)NCc2cccnc2OCC(F)(F)F)cc1. The molecule has 0 aliphatic heterocycles. The average molecular weight is 353 g/mol. The van der Waals surface area contributed by atoms with Gasteiger partial charge in [0.2, 0.25) is 5.88 Å². The molecule has 2 aromatic rings. The molecule has 0 aliphatic rings. The van der Waals surface area contributed by atoms with Crippen LogP contribution in [0.5, 0.6) is 5.88 Å². The Labute approximate surface area is 143 Å². The Balaban J connectivity index is 1.99. The van der Waals surface area contributed by atoms with Crippen LogP contribution in [0, 0.1) is 0 Å². The quantitative estimate of drug-likeness (QED) is 0.867. The van der Waals surface area contributed by atoms with E-state index in [9.17, 15) is 18.0 Å². The van der Waals surface area contributed by atoms with Crippen LogP contribution in [0.25, 0.3) is 0 Å². The highest BCUT2D eigenvalue weighted by Crippen LogP contribution is 2.20. The van der Waals surface area contributed by atoms with Gasteiger partial charge in [0.05, 0.1) is 0 Å². The molecule has 0 saturated heterocycles. The summed E-state index contributed by atoms with van der Waals surface area (Å²) in [7, 11) is 3.78. The number of nitrogens with zero attached hydrogens (tertiary/aromatic N) is 2. The summed E-state index contributed by atoms with van der Waals surface area (Å²) in [5, 5.41) is 2.65. The first kappa shape index (κ1) is 18.6. The lowest BCUT2D eigenvalue weighted by atomic mass is 10.2. The van der Waals surface area contributed by atoms with Crippen molar-refractivity contribution in [2.75, 3.05) is 25.6 Å². The normalized spacial score (nSPS) is 11.1. The van der Waals surface area contributed by atoms with Gasteiger partial charge in [-0.25, -0.2) is 4.98 Å². The van der Waals surface area contributed by atoms with Crippen molar-refractivity contribution in [1.82, 2.24) is 10.3 Å². The standard InChI is InChI=1S/C17H18F3N3O2/c1-23(2)14-7-5-12(6-8-14)15(24)22-10-13-4-3-9-21-16(13)25-11-17(18,19)20/h3-9H,10-11H2,1-2H3,(H,22,24). The second-order valence-electron chi connectivity index (χ2n) is 5.50. The van der Waals surface area contributed by atoms with Gasteiger partial charge in [0.15, 0.2) is 6.61 Å². The number of ether oxygens (including phenoxy) is 1. The molecule has 2 rings (SSSR count). The maximum absolute atomic E-state index is 12.3. The largest absolute Gasteiger partial charge is 0.468 e. The van der Waals surface area contributed by atoms with Crippen molar-refractivity contribution in [3.8, 4) is 5.88 Å². The van der Waals surface area contributed by atoms with E-state index in [1.165, 1.54) is 6.20 Å². The molecule has 0 unspecified atom stereocenters. The second kappa shape index (κ2) is 7.87. The maximum atomic E-state index is 12.3. The number of amides is 1. The highest BCUT2D eigenvalue weighted by molar-refractivity contribution is 5.94. The molecule has 1 amide bonds. The fraction of sp³-hybridized carbons (Fsp3) is 0.294. The third kappa shape index (κ3) is 5.66. The van der Waals surface area contributed by atoms with Gasteiger partial charge in [-0.2, -0.15) is 13.2 Å². The first-order valence-corrected chi connectivity index (χ1v) is 7.45. The highest BCUT2D eigenvalue weighted by atomic mass is 19.4. The van der Waals surface area contributed by atoms with Gasteiger partial charge in [-0.3, -0.25) is 4.79 Å². The number of hydrogen-bond donors (Lipinski definition) is 1. The zero-order chi connectivity index (χ0) is 18.4. The summed E-state index contributed by atoms with van der Waals surface area (Å²) in [5.41, 5.74) is 1.77. The number of nitrogens with one attached hydrogen (secondary N) is 1. The predicted molar refractivity (Wildman–Crippen MR) is 87.7 cm³/mol. The molecule has 25 heavy (non-hydrogen) atoms. The van der Waals surface area contributed by atoms with Gasteiger partial charge in [0, 0.05) is 43.7 Å². The molecular weight excluding hydrogens is 335 g/mol. The van der Waals surface area contributed by atoms with Crippen LogP contribution in [-0.2, 0) is 6.54 Å². The van der Waals surface area contributed by atoms with E-state index in [-0.39, 0.29) is 18.3 Å². The van der Waals surface area contributed by atoms with Crippen LogP contribution in [0.1, 0.15) is 15.9 Å². The maximum Gasteiger partial charge on any atom is 0.422 e. The average Bonchev–Trinajstić information content (AvgIpc) is 2.58. The molecule has 0 fully saturated rings. The zero-order valence-corrected chi connectivity index (χ0v) is 13.8. The van der Waals surface area contributed by atoms with E-state index in [4.69, 9.17) is 0 Å². The topological polar surface area (TPSA) is 54.5 Å². The Kier molecular flexibility index (Phi) is 5.84. The van der Waals surface area contributed by atoms with Crippen LogP contribution in [0.15, 0.2) is 42.6 Å². The summed E-state index contributed by atoms with van der Waals surface area (Å²) in [6.07, 6.45) is -3.12. The number of halogens is 3. The molecule has 1 N–H and O–H groups in total. The number of benzene rings is 1. The minimum absolute atomic E-state index is 0.00922. The molecular formula is C17H18F3N3O2. The third-order valence-corrected chi connectivity index (χ3v) is 3.31. The number of carbonyl (C=O) groups is 1. The molecule has 0 bridgehead atoms. The van der Waals surface area contributed by atoms with Crippen molar-refractivity contribution in [3.05, 3.63) is 53.7 Å². The molecule has 0 radical (unpaired) electrons. The monoisotopic (exact) mass is 353 g/mol. The molecule has 0 spiro atoms. The Morgan fingerprint density at radius 1 is 1.20 bits per heavy atom. The molecule has 8 heteroatoms. The molecule has 0 atom stereocenters. The summed E-state index contributed by atoms with van der Waals surface area (Å²) < 4.78 is 41.5. The van der Waals surface area contributed by atoms with Crippen LogP contribution in [0.2, 0.25) is 0 Å². The van der Waals surface area contributed by atoms with Crippen molar-refractivity contribution in [1.29, 1.82) is 0 Å². The Morgan fingerprint density at radius 3 is 2.48 bits per heavy atom. The van der Waals surface area contributed by atoms with Crippen molar-refractivity contribution in [2.45, 2.75) is 12.7 Å². The molecule has 1 heterocycles. The van der Waals surface area contributed by atoms with Gasteiger partial charge in [-0.1, -0.05) is 6.07 Å². The summed E-state index contributed by atoms with van der Waals surface area (Å²) in [4.78, 5) is 17.9. The number of anilines is 1. The van der Waals surface area contributed by atoms with Crippen LogP contribution < -0.4 is 15.0 Å². The summed E-state index contributed by atoms with van der Waals surface area (Å²) in [6, 6.07) is 10.1. The molecule has 134 valence electrons. The first-order chi connectivity index (χ1) is 11.8. The van der Waals surface area contributed by atoms with Crippen molar-refractivity contribution < 1.29 is 22.7 Å². The van der Waals surface area contributed by atoms with Gasteiger partial charge >= 0.3 is 6.18 Å². The van der Waals surface area contributed by atoms with Gasteiger partial charge in [0.1, 0.15) is 0 Å². The fourth-order valence-corrected chi connectivity index (χ4v) is 2.03. The summed E-state index contributed by atoms with van der Waals surface area (Å²) in [6.45, 7) is -1.42. The van der Waals surface area contributed by atoms with Crippen molar-refractivity contribution >= 4 is 11.6 Å². The van der Waals surface area contributed by atoms with E-state index >= 15 is 0 Å². The van der Waals surface area contributed by atoms with E-state index in [1.807, 2.05) is 19.0 Å². The van der Waals surface area contributed by atoms with Gasteiger partial charge in [-0.15, -0.1) is 0 Å². The van der Waals surface area contributed by atoms with E-state index in [0.717, 1.165) is 5.69 Å². The van der Waals surface area contributed by atoms with E-state index < -0.39 is 12.8 Å². The summed E-state index contributed by atoms with van der Waals surface area (Å²) >= 11 is 0.